The minimum absolute atomic E-state index is 0.00863. The van der Waals surface area contributed by atoms with Gasteiger partial charge in [0, 0.05) is 6.07 Å². The Hall–Kier alpha value is -2.41. The standard InChI is InChI=1S/C16H20FN3O3/c1-9(2)4-12(18)16(21)20-13-6-14(22-3)10(5-11(13)17)15-7-19-8-23-15/h5-9,12H,4,18H2,1-3H3,(H,20,21)/t12-/m0/s1. The first-order valence-corrected chi connectivity index (χ1v) is 7.25. The third-order valence-electron chi connectivity index (χ3n) is 3.31. The SMILES string of the molecule is COc1cc(NC(=O)[C@@H](N)CC(C)C)c(F)cc1-c1cnco1. The summed E-state index contributed by atoms with van der Waals surface area (Å²) in [6.07, 6.45) is 3.21. The summed E-state index contributed by atoms with van der Waals surface area (Å²) in [7, 11) is 1.45. The number of halogens is 1. The third kappa shape index (κ3) is 4.07. The number of nitrogens with zero attached hydrogens (tertiary/aromatic N) is 1. The second kappa shape index (κ2) is 7.23. The Morgan fingerprint density at radius 2 is 2.22 bits per heavy atom. The van der Waals surface area contributed by atoms with Crippen molar-refractivity contribution in [2.24, 2.45) is 11.7 Å². The molecule has 1 atom stereocenters. The molecule has 0 spiro atoms. The zero-order chi connectivity index (χ0) is 17.0. The van der Waals surface area contributed by atoms with E-state index >= 15 is 0 Å². The molecule has 1 heterocycles. The highest BCUT2D eigenvalue weighted by Crippen LogP contribution is 2.34. The molecule has 0 radical (unpaired) electrons. The van der Waals surface area contributed by atoms with Crippen LogP contribution in [0.15, 0.2) is 29.1 Å². The van der Waals surface area contributed by atoms with Gasteiger partial charge in [-0.1, -0.05) is 13.8 Å². The number of anilines is 1. The van der Waals surface area contributed by atoms with E-state index in [0.29, 0.717) is 23.5 Å². The number of benzene rings is 1. The quantitative estimate of drug-likeness (QED) is 0.854. The number of amides is 1. The predicted octanol–water partition coefficient (Wildman–Crippen LogP) is 2.80. The fourth-order valence-corrected chi connectivity index (χ4v) is 2.20. The molecule has 0 unspecified atom stereocenters. The molecule has 1 aromatic carbocycles. The minimum Gasteiger partial charge on any atom is -0.496 e. The Bertz CT molecular complexity index is 671. The van der Waals surface area contributed by atoms with E-state index in [0.717, 1.165) is 0 Å². The van der Waals surface area contributed by atoms with E-state index in [-0.39, 0.29) is 11.6 Å². The van der Waals surface area contributed by atoms with Crippen LogP contribution >= 0.6 is 0 Å². The number of carbonyl (C=O) groups excluding carboxylic acids is 1. The molecule has 0 fully saturated rings. The number of nitrogens with one attached hydrogen (secondary N) is 1. The van der Waals surface area contributed by atoms with Crippen LogP contribution in [-0.2, 0) is 4.79 Å². The van der Waals surface area contributed by atoms with E-state index in [1.54, 1.807) is 0 Å². The zero-order valence-electron chi connectivity index (χ0n) is 13.3. The van der Waals surface area contributed by atoms with Gasteiger partial charge in [0.1, 0.15) is 11.6 Å². The molecule has 0 saturated heterocycles. The first kappa shape index (κ1) is 17.0. The highest BCUT2D eigenvalue weighted by atomic mass is 19.1. The average Bonchev–Trinajstić information content (AvgIpc) is 3.02. The van der Waals surface area contributed by atoms with Crippen molar-refractivity contribution in [2.75, 3.05) is 12.4 Å². The second-order valence-electron chi connectivity index (χ2n) is 5.62. The van der Waals surface area contributed by atoms with Gasteiger partial charge < -0.3 is 20.2 Å². The highest BCUT2D eigenvalue weighted by Gasteiger charge is 2.19. The van der Waals surface area contributed by atoms with Crippen molar-refractivity contribution in [2.45, 2.75) is 26.3 Å². The molecule has 2 rings (SSSR count). The third-order valence-corrected chi connectivity index (χ3v) is 3.31. The van der Waals surface area contributed by atoms with Gasteiger partial charge in [-0.05, 0) is 18.4 Å². The topological polar surface area (TPSA) is 90.4 Å². The van der Waals surface area contributed by atoms with Crippen LogP contribution in [0.2, 0.25) is 0 Å². The van der Waals surface area contributed by atoms with Crippen molar-refractivity contribution in [3.05, 3.63) is 30.5 Å². The molecule has 0 aliphatic carbocycles. The number of rotatable bonds is 6. The van der Waals surface area contributed by atoms with Crippen LogP contribution in [0.1, 0.15) is 20.3 Å². The highest BCUT2D eigenvalue weighted by molar-refractivity contribution is 5.95. The summed E-state index contributed by atoms with van der Waals surface area (Å²) in [6, 6.07) is 1.92. The molecule has 7 heteroatoms. The van der Waals surface area contributed by atoms with Gasteiger partial charge in [0.25, 0.3) is 0 Å². The lowest BCUT2D eigenvalue weighted by atomic mass is 10.0. The van der Waals surface area contributed by atoms with Gasteiger partial charge in [-0.15, -0.1) is 0 Å². The van der Waals surface area contributed by atoms with Gasteiger partial charge in [0.2, 0.25) is 5.91 Å². The van der Waals surface area contributed by atoms with E-state index in [4.69, 9.17) is 14.9 Å². The van der Waals surface area contributed by atoms with Crippen LogP contribution in [0.4, 0.5) is 10.1 Å². The normalized spacial score (nSPS) is 12.3. The van der Waals surface area contributed by atoms with Gasteiger partial charge in [-0.25, -0.2) is 9.37 Å². The molecule has 0 bridgehead atoms. The Kier molecular flexibility index (Phi) is 5.33. The van der Waals surface area contributed by atoms with Crippen molar-refractivity contribution in [1.29, 1.82) is 0 Å². The number of hydrogen-bond acceptors (Lipinski definition) is 5. The van der Waals surface area contributed by atoms with E-state index in [9.17, 15) is 9.18 Å². The lowest BCUT2D eigenvalue weighted by Crippen LogP contribution is -2.36. The summed E-state index contributed by atoms with van der Waals surface area (Å²) >= 11 is 0. The van der Waals surface area contributed by atoms with E-state index in [2.05, 4.69) is 10.3 Å². The largest absolute Gasteiger partial charge is 0.496 e. The lowest BCUT2D eigenvalue weighted by molar-refractivity contribution is -0.117. The van der Waals surface area contributed by atoms with E-state index in [1.165, 1.54) is 31.8 Å². The molecule has 6 nitrogen and oxygen atoms in total. The van der Waals surface area contributed by atoms with Crippen LogP contribution in [0.3, 0.4) is 0 Å². The molecule has 2 aromatic rings. The number of aromatic nitrogens is 1. The van der Waals surface area contributed by atoms with Crippen molar-refractivity contribution in [3.63, 3.8) is 0 Å². The van der Waals surface area contributed by atoms with Crippen molar-refractivity contribution in [1.82, 2.24) is 4.98 Å². The summed E-state index contributed by atoms with van der Waals surface area (Å²) < 4.78 is 24.7. The zero-order valence-corrected chi connectivity index (χ0v) is 13.3. The maximum atomic E-state index is 14.3. The Morgan fingerprint density at radius 3 is 2.78 bits per heavy atom. The van der Waals surface area contributed by atoms with Crippen molar-refractivity contribution < 1.29 is 18.3 Å². The maximum Gasteiger partial charge on any atom is 0.241 e. The fourth-order valence-electron chi connectivity index (χ4n) is 2.20. The van der Waals surface area contributed by atoms with Crippen LogP contribution in [-0.4, -0.2) is 24.0 Å². The maximum absolute atomic E-state index is 14.3. The minimum atomic E-state index is -0.700. The van der Waals surface area contributed by atoms with Gasteiger partial charge in [0.05, 0.1) is 30.6 Å². The molecule has 1 aromatic heterocycles. The summed E-state index contributed by atoms with van der Waals surface area (Å²) in [5.41, 5.74) is 6.22. The smallest absolute Gasteiger partial charge is 0.241 e. The Balaban J connectivity index is 2.25. The molecular weight excluding hydrogens is 301 g/mol. The number of hydrogen-bond donors (Lipinski definition) is 2. The molecule has 1 amide bonds. The van der Waals surface area contributed by atoms with Crippen LogP contribution < -0.4 is 15.8 Å². The molecule has 3 N–H and O–H groups in total. The van der Waals surface area contributed by atoms with E-state index in [1.807, 2.05) is 13.8 Å². The molecule has 0 aliphatic heterocycles. The predicted molar refractivity (Wildman–Crippen MR) is 84.5 cm³/mol. The summed E-state index contributed by atoms with van der Waals surface area (Å²) in [5, 5.41) is 2.50. The summed E-state index contributed by atoms with van der Waals surface area (Å²) in [4.78, 5) is 15.8. The van der Waals surface area contributed by atoms with Gasteiger partial charge >= 0.3 is 0 Å². The first-order valence-electron chi connectivity index (χ1n) is 7.25. The first-order chi connectivity index (χ1) is 10.9. The average molecular weight is 321 g/mol. The van der Waals surface area contributed by atoms with Gasteiger partial charge in [-0.3, -0.25) is 4.79 Å². The number of nitrogens with two attached hydrogens (primary N) is 1. The van der Waals surface area contributed by atoms with Crippen LogP contribution in [0, 0.1) is 11.7 Å². The summed E-state index contributed by atoms with van der Waals surface area (Å²) in [5.74, 6) is -0.0515. The lowest BCUT2D eigenvalue weighted by Gasteiger charge is -2.16. The van der Waals surface area contributed by atoms with E-state index < -0.39 is 17.8 Å². The molecule has 0 aliphatic rings. The Labute approximate surface area is 133 Å². The van der Waals surface area contributed by atoms with Crippen LogP contribution in [0.5, 0.6) is 5.75 Å². The van der Waals surface area contributed by atoms with Crippen LogP contribution in [0.25, 0.3) is 11.3 Å². The number of ether oxygens (including phenoxy) is 1. The molecule has 23 heavy (non-hydrogen) atoms. The molecule has 124 valence electrons. The van der Waals surface area contributed by atoms with Crippen molar-refractivity contribution >= 4 is 11.6 Å². The second-order valence-corrected chi connectivity index (χ2v) is 5.62. The van der Waals surface area contributed by atoms with Crippen molar-refractivity contribution in [3.8, 4) is 17.1 Å². The number of carbonyl (C=O) groups is 1. The molecular formula is C16H20FN3O3. The Morgan fingerprint density at radius 1 is 1.48 bits per heavy atom. The molecule has 0 saturated carbocycles. The summed E-state index contributed by atoms with van der Waals surface area (Å²) in [6.45, 7) is 3.92. The monoisotopic (exact) mass is 321 g/mol. The number of oxazole rings is 1. The van der Waals surface area contributed by atoms with Gasteiger partial charge in [-0.2, -0.15) is 0 Å². The number of methoxy groups -OCH3 is 1. The van der Waals surface area contributed by atoms with Gasteiger partial charge in [0.15, 0.2) is 12.2 Å². The fraction of sp³-hybridized carbons (Fsp3) is 0.375.